The van der Waals surface area contributed by atoms with Crippen LogP contribution in [-0.4, -0.2) is 22.7 Å². The number of phenols is 1. The number of esters is 1. The van der Waals surface area contributed by atoms with Gasteiger partial charge in [-0.25, -0.2) is 9.78 Å². The summed E-state index contributed by atoms with van der Waals surface area (Å²) in [5.41, 5.74) is 4.14. The van der Waals surface area contributed by atoms with E-state index in [9.17, 15) is 15.2 Å². The molecule has 0 aliphatic rings. The summed E-state index contributed by atoms with van der Waals surface area (Å²) < 4.78 is 11.1. The zero-order chi connectivity index (χ0) is 22.5. The summed E-state index contributed by atoms with van der Waals surface area (Å²) in [5.74, 6) is 0.237. The number of fused-ring (bicyclic) bond motifs is 1. The molecule has 7 heteroatoms. The highest BCUT2D eigenvalue weighted by Gasteiger charge is 2.23. The number of hydrogen-bond acceptors (Lipinski definition) is 7. The van der Waals surface area contributed by atoms with Gasteiger partial charge in [0.2, 0.25) is 0 Å². The molecule has 3 aromatic rings. The van der Waals surface area contributed by atoms with Gasteiger partial charge in [-0.2, -0.15) is 5.26 Å². The average molecular weight is 437 g/mol. The van der Waals surface area contributed by atoms with E-state index in [1.165, 1.54) is 23.9 Å². The molecule has 0 unspecified atom stereocenters. The van der Waals surface area contributed by atoms with Crippen LogP contribution in [0.2, 0.25) is 0 Å². The van der Waals surface area contributed by atoms with Crippen molar-refractivity contribution in [2.45, 2.75) is 44.9 Å². The third kappa shape index (κ3) is 4.59. The summed E-state index contributed by atoms with van der Waals surface area (Å²) >= 11 is 1.34. The van der Waals surface area contributed by atoms with Crippen molar-refractivity contribution in [3.63, 3.8) is 0 Å². The van der Waals surface area contributed by atoms with Gasteiger partial charge < -0.3 is 14.3 Å². The van der Waals surface area contributed by atoms with Crippen molar-refractivity contribution in [3.8, 4) is 11.8 Å². The topological polar surface area (TPSA) is 96.3 Å². The number of furan rings is 1. The van der Waals surface area contributed by atoms with Crippen molar-refractivity contribution in [2.24, 2.45) is 0 Å². The SMILES string of the molecule is CC=CCc1c(C)nc(SCc2oc3ccc(O)cc3c2C(=O)OCC)c(C#N)c1C. The van der Waals surface area contributed by atoms with E-state index < -0.39 is 5.97 Å². The van der Waals surface area contributed by atoms with Gasteiger partial charge in [-0.05, 0) is 63.4 Å². The summed E-state index contributed by atoms with van der Waals surface area (Å²) in [6.45, 7) is 7.79. The van der Waals surface area contributed by atoms with E-state index in [2.05, 4.69) is 11.1 Å². The van der Waals surface area contributed by atoms with E-state index in [1.807, 2.05) is 32.9 Å². The van der Waals surface area contributed by atoms with Crippen molar-refractivity contribution in [1.82, 2.24) is 4.98 Å². The first-order valence-corrected chi connectivity index (χ1v) is 10.9. The highest BCUT2D eigenvalue weighted by atomic mass is 32.2. The molecular weight excluding hydrogens is 412 g/mol. The highest BCUT2D eigenvalue weighted by molar-refractivity contribution is 7.98. The highest BCUT2D eigenvalue weighted by Crippen LogP contribution is 2.35. The number of rotatable bonds is 7. The monoisotopic (exact) mass is 436 g/mol. The molecule has 2 aromatic heterocycles. The Morgan fingerprint density at radius 2 is 2.16 bits per heavy atom. The molecule has 160 valence electrons. The molecule has 0 saturated heterocycles. The minimum Gasteiger partial charge on any atom is -0.508 e. The first kappa shape index (κ1) is 22.4. The predicted molar refractivity (Wildman–Crippen MR) is 120 cm³/mol. The Morgan fingerprint density at radius 1 is 1.39 bits per heavy atom. The molecular formula is C24H24N2O4S. The minimum absolute atomic E-state index is 0.0365. The van der Waals surface area contributed by atoms with E-state index in [1.54, 1.807) is 13.0 Å². The molecule has 31 heavy (non-hydrogen) atoms. The van der Waals surface area contributed by atoms with Crippen LogP contribution in [0.4, 0.5) is 0 Å². The van der Waals surface area contributed by atoms with Crippen molar-refractivity contribution in [2.75, 3.05) is 6.61 Å². The number of allylic oxidation sites excluding steroid dienone is 2. The van der Waals surface area contributed by atoms with Gasteiger partial charge in [-0.1, -0.05) is 23.9 Å². The van der Waals surface area contributed by atoms with Gasteiger partial charge in [0.1, 0.15) is 33.8 Å². The molecule has 1 aromatic carbocycles. The Hall–Kier alpha value is -3.24. The lowest BCUT2D eigenvalue weighted by Crippen LogP contribution is -2.06. The lowest BCUT2D eigenvalue weighted by molar-refractivity contribution is 0.0526. The van der Waals surface area contributed by atoms with Gasteiger partial charge in [-0.15, -0.1) is 0 Å². The molecule has 0 bridgehead atoms. The first-order chi connectivity index (χ1) is 14.9. The quantitative estimate of drug-likeness (QED) is 0.292. The van der Waals surface area contributed by atoms with Crippen LogP contribution < -0.4 is 0 Å². The molecule has 3 rings (SSSR count). The number of aryl methyl sites for hydroxylation is 1. The fraction of sp³-hybridized carbons (Fsp3) is 0.292. The van der Waals surface area contributed by atoms with E-state index in [0.29, 0.717) is 33.1 Å². The molecule has 0 aliphatic carbocycles. The summed E-state index contributed by atoms with van der Waals surface area (Å²) in [7, 11) is 0. The Morgan fingerprint density at radius 3 is 2.84 bits per heavy atom. The van der Waals surface area contributed by atoms with Crippen molar-refractivity contribution >= 4 is 28.7 Å². The van der Waals surface area contributed by atoms with Gasteiger partial charge >= 0.3 is 5.97 Å². The molecule has 0 aliphatic heterocycles. The molecule has 6 nitrogen and oxygen atoms in total. The molecule has 2 heterocycles. The fourth-order valence-corrected chi connectivity index (χ4v) is 4.45. The maximum Gasteiger partial charge on any atom is 0.342 e. The Labute approximate surface area is 185 Å². The Bertz CT molecular complexity index is 1200. The van der Waals surface area contributed by atoms with Crippen LogP contribution in [0.1, 0.15) is 52.3 Å². The molecule has 0 spiro atoms. The summed E-state index contributed by atoms with van der Waals surface area (Å²) in [6, 6.07) is 6.88. The van der Waals surface area contributed by atoms with Crippen LogP contribution in [0, 0.1) is 25.2 Å². The fourth-order valence-electron chi connectivity index (χ4n) is 3.43. The number of carbonyl (C=O) groups excluding carboxylic acids is 1. The zero-order valence-electron chi connectivity index (χ0n) is 18.0. The Balaban J connectivity index is 2.00. The molecule has 0 amide bonds. The van der Waals surface area contributed by atoms with Crippen LogP contribution in [0.25, 0.3) is 11.0 Å². The normalized spacial score (nSPS) is 11.2. The number of ether oxygens (including phenoxy) is 1. The van der Waals surface area contributed by atoms with Gasteiger partial charge in [0.15, 0.2) is 0 Å². The second-order valence-corrected chi connectivity index (χ2v) is 7.92. The van der Waals surface area contributed by atoms with Gasteiger partial charge in [-0.3, -0.25) is 0 Å². The Kier molecular flexibility index (Phi) is 7.03. The van der Waals surface area contributed by atoms with Crippen molar-refractivity contribution in [3.05, 3.63) is 64.1 Å². The lowest BCUT2D eigenvalue weighted by Gasteiger charge is -2.13. The van der Waals surface area contributed by atoms with Crippen LogP contribution >= 0.6 is 11.8 Å². The third-order valence-corrected chi connectivity index (χ3v) is 5.96. The largest absolute Gasteiger partial charge is 0.508 e. The lowest BCUT2D eigenvalue weighted by atomic mass is 10.0. The number of pyridine rings is 1. The van der Waals surface area contributed by atoms with E-state index in [0.717, 1.165) is 23.2 Å². The van der Waals surface area contributed by atoms with Crippen LogP contribution in [0.15, 0.2) is 39.8 Å². The van der Waals surface area contributed by atoms with Crippen LogP contribution in [0.3, 0.4) is 0 Å². The van der Waals surface area contributed by atoms with E-state index in [4.69, 9.17) is 9.15 Å². The van der Waals surface area contributed by atoms with E-state index in [-0.39, 0.29) is 17.9 Å². The van der Waals surface area contributed by atoms with Crippen molar-refractivity contribution in [1.29, 1.82) is 5.26 Å². The van der Waals surface area contributed by atoms with E-state index >= 15 is 0 Å². The standard InChI is InChI=1S/C24H24N2O4S/c1-5-7-8-17-14(3)19(12-25)23(26-15(17)4)31-13-21-22(24(28)29-6-2)18-11-16(27)9-10-20(18)30-21/h5,7,9-11,27H,6,8,13H2,1-4H3. The second-order valence-electron chi connectivity index (χ2n) is 6.96. The van der Waals surface area contributed by atoms with Gasteiger partial charge in [0, 0.05) is 11.1 Å². The number of aromatic nitrogens is 1. The van der Waals surface area contributed by atoms with Crippen molar-refractivity contribution < 1.29 is 19.1 Å². The molecule has 0 atom stereocenters. The molecule has 0 saturated carbocycles. The zero-order valence-corrected chi connectivity index (χ0v) is 18.8. The summed E-state index contributed by atoms with van der Waals surface area (Å²) in [5, 5.41) is 20.7. The molecule has 0 fully saturated rings. The predicted octanol–water partition coefficient (Wildman–Crippen LogP) is 5.61. The maximum atomic E-state index is 12.6. The number of phenolic OH excluding ortho intramolecular Hbond substituents is 1. The molecule has 1 N–H and O–H groups in total. The number of hydrogen-bond donors (Lipinski definition) is 1. The summed E-state index contributed by atoms with van der Waals surface area (Å²) in [6.07, 6.45) is 4.74. The molecule has 0 radical (unpaired) electrons. The third-order valence-electron chi connectivity index (χ3n) is 4.98. The number of carbonyl (C=O) groups is 1. The second kappa shape index (κ2) is 9.71. The first-order valence-electron chi connectivity index (χ1n) is 9.96. The summed E-state index contributed by atoms with van der Waals surface area (Å²) in [4.78, 5) is 17.3. The van der Waals surface area contributed by atoms with Crippen LogP contribution in [-0.2, 0) is 16.9 Å². The number of nitriles is 1. The maximum absolute atomic E-state index is 12.6. The van der Waals surface area contributed by atoms with Crippen LogP contribution in [0.5, 0.6) is 5.75 Å². The number of nitrogens with zero attached hydrogens (tertiary/aromatic N) is 2. The smallest absolute Gasteiger partial charge is 0.342 e. The average Bonchev–Trinajstić information content (AvgIpc) is 3.09. The number of benzene rings is 1. The minimum atomic E-state index is -0.509. The number of aromatic hydroxyl groups is 1. The van der Waals surface area contributed by atoms with Gasteiger partial charge in [0.25, 0.3) is 0 Å². The number of thioether (sulfide) groups is 1. The van der Waals surface area contributed by atoms with Gasteiger partial charge in [0.05, 0.1) is 17.9 Å².